The zero-order chi connectivity index (χ0) is 14.2. The van der Waals surface area contributed by atoms with Crippen LogP contribution >= 0.6 is 27.5 Å². The van der Waals surface area contributed by atoms with Gasteiger partial charge in [0.25, 0.3) is 5.91 Å². The fraction of sp³-hybridized carbons (Fsp3) is 0.500. The van der Waals surface area contributed by atoms with Crippen LogP contribution in [-0.4, -0.2) is 34.1 Å². The average molecular weight is 347 g/mol. The maximum atomic E-state index is 12.5. The number of benzene rings is 1. The van der Waals surface area contributed by atoms with Gasteiger partial charge in [0.05, 0.1) is 16.7 Å². The molecule has 1 aromatic carbocycles. The number of hydrogen-bond donors (Lipinski definition) is 1. The van der Waals surface area contributed by atoms with E-state index in [4.69, 9.17) is 11.6 Å². The van der Waals surface area contributed by atoms with Gasteiger partial charge in [-0.25, -0.2) is 0 Å². The van der Waals surface area contributed by atoms with Crippen molar-refractivity contribution in [2.45, 2.75) is 38.3 Å². The van der Waals surface area contributed by atoms with Crippen LogP contribution < -0.4 is 0 Å². The highest BCUT2D eigenvalue weighted by atomic mass is 79.9. The van der Waals surface area contributed by atoms with Gasteiger partial charge in [-0.2, -0.15) is 0 Å². The molecular formula is C14H17BrClNO2. The highest BCUT2D eigenvalue weighted by molar-refractivity contribution is 9.10. The fourth-order valence-electron chi connectivity index (χ4n) is 2.54. The Kier molecular flexibility index (Phi) is 4.23. The van der Waals surface area contributed by atoms with Gasteiger partial charge >= 0.3 is 0 Å². The highest BCUT2D eigenvalue weighted by Crippen LogP contribution is 2.30. The summed E-state index contributed by atoms with van der Waals surface area (Å²) in [5.41, 5.74) is -0.324. The summed E-state index contributed by atoms with van der Waals surface area (Å²) in [5, 5.41) is 10.7. The van der Waals surface area contributed by atoms with E-state index < -0.39 is 5.60 Å². The molecular weight excluding hydrogens is 330 g/mol. The third-order valence-electron chi connectivity index (χ3n) is 3.50. The summed E-state index contributed by atoms with van der Waals surface area (Å²) in [6.45, 7) is 4.18. The van der Waals surface area contributed by atoms with E-state index in [0.29, 0.717) is 17.1 Å². The van der Waals surface area contributed by atoms with Crippen LogP contribution in [0.1, 0.15) is 37.0 Å². The van der Waals surface area contributed by atoms with Gasteiger partial charge in [-0.15, -0.1) is 0 Å². The van der Waals surface area contributed by atoms with Crippen LogP contribution in [0.15, 0.2) is 22.7 Å². The van der Waals surface area contributed by atoms with E-state index in [1.54, 1.807) is 36.9 Å². The van der Waals surface area contributed by atoms with E-state index in [9.17, 15) is 9.90 Å². The van der Waals surface area contributed by atoms with Crippen LogP contribution in [0, 0.1) is 0 Å². The summed E-state index contributed by atoms with van der Waals surface area (Å²) < 4.78 is 0.770. The molecule has 1 amide bonds. The molecule has 0 aromatic heterocycles. The van der Waals surface area contributed by atoms with Gasteiger partial charge in [0.1, 0.15) is 0 Å². The molecule has 5 heteroatoms. The number of amides is 1. The van der Waals surface area contributed by atoms with Crippen molar-refractivity contribution in [2.75, 3.05) is 6.54 Å². The Morgan fingerprint density at radius 3 is 2.79 bits per heavy atom. The van der Waals surface area contributed by atoms with Crippen molar-refractivity contribution < 1.29 is 9.90 Å². The summed E-state index contributed by atoms with van der Waals surface area (Å²) in [5.74, 6) is -0.0703. The lowest BCUT2D eigenvalue weighted by Gasteiger charge is -2.33. The van der Waals surface area contributed by atoms with Gasteiger partial charge < -0.3 is 10.0 Å². The molecule has 1 fully saturated rings. The minimum atomic E-state index is -0.884. The number of carbonyl (C=O) groups is 1. The van der Waals surface area contributed by atoms with Crippen LogP contribution in [-0.2, 0) is 0 Å². The van der Waals surface area contributed by atoms with Crippen molar-refractivity contribution in [3.8, 4) is 0 Å². The summed E-state index contributed by atoms with van der Waals surface area (Å²) >= 11 is 9.33. The number of rotatable bonds is 2. The fourth-order valence-corrected chi connectivity index (χ4v) is 2.97. The molecule has 1 atom stereocenters. The van der Waals surface area contributed by atoms with Gasteiger partial charge in [0, 0.05) is 16.6 Å². The van der Waals surface area contributed by atoms with E-state index in [1.807, 2.05) is 0 Å². The largest absolute Gasteiger partial charge is 0.388 e. The second-order valence-electron chi connectivity index (χ2n) is 5.44. The average Bonchev–Trinajstić information content (AvgIpc) is 2.80. The Labute approximate surface area is 126 Å². The Balaban J connectivity index is 2.26. The molecule has 104 valence electrons. The molecule has 0 spiro atoms. The van der Waals surface area contributed by atoms with Gasteiger partial charge in [-0.1, -0.05) is 11.6 Å². The van der Waals surface area contributed by atoms with Crippen LogP contribution in [0.25, 0.3) is 0 Å². The molecule has 1 aromatic rings. The van der Waals surface area contributed by atoms with Crippen LogP contribution in [0.2, 0.25) is 5.02 Å². The molecule has 0 aliphatic carbocycles. The summed E-state index contributed by atoms with van der Waals surface area (Å²) in [6.07, 6.45) is 1.75. The molecule has 1 aliphatic heterocycles. The highest BCUT2D eigenvalue weighted by Gasteiger charge is 2.38. The zero-order valence-corrected chi connectivity index (χ0v) is 13.3. The lowest BCUT2D eigenvalue weighted by atomic mass is 9.96. The summed E-state index contributed by atoms with van der Waals surface area (Å²) in [6, 6.07) is 5.04. The topological polar surface area (TPSA) is 40.5 Å². The Morgan fingerprint density at radius 2 is 2.21 bits per heavy atom. The minimum absolute atomic E-state index is 0.0703. The zero-order valence-electron chi connectivity index (χ0n) is 11.0. The SMILES string of the molecule is CC(C)(O)C1CCCN1C(=O)c1ccc(Br)c(Cl)c1. The van der Waals surface area contributed by atoms with Crippen molar-refractivity contribution in [1.29, 1.82) is 0 Å². The molecule has 1 aliphatic rings. The summed E-state index contributed by atoms with van der Waals surface area (Å²) in [4.78, 5) is 14.3. The Hall–Kier alpha value is -0.580. The lowest BCUT2D eigenvalue weighted by molar-refractivity contribution is 0.000336. The first-order valence-electron chi connectivity index (χ1n) is 6.29. The molecule has 2 rings (SSSR count). The first kappa shape index (κ1) is 14.8. The normalized spacial score (nSPS) is 19.8. The van der Waals surface area contributed by atoms with Gasteiger partial charge in [-0.05, 0) is 60.8 Å². The second-order valence-corrected chi connectivity index (χ2v) is 6.70. The smallest absolute Gasteiger partial charge is 0.254 e. The van der Waals surface area contributed by atoms with Crippen LogP contribution in [0.5, 0.6) is 0 Å². The molecule has 1 unspecified atom stereocenters. The number of carbonyl (C=O) groups excluding carboxylic acids is 1. The van der Waals surface area contributed by atoms with Crippen molar-refractivity contribution in [3.05, 3.63) is 33.3 Å². The number of likely N-dealkylation sites (tertiary alicyclic amines) is 1. The van der Waals surface area contributed by atoms with Crippen LogP contribution in [0.3, 0.4) is 0 Å². The van der Waals surface area contributed by atoms with E-state index in [1.165, 1.54) is 0 Å². The molecule has 0 bridgehead atoms. The number of aliphatic hydroxyl groups is 1. The second kappa shape index (κ2) is 5.43. The minimum Gasteiger partial charge on any atom is -0.388 e. The Bertz CT molecular complexity index is 499. The van der Waals surface area contributed by atoms with Crippen molar-refractivity contribution in [2.24, 2.45) is 0 Å². The molecule has 1 N–H and O–H groups in total. The number of hydrogen-bond acceptors (Lipinski definition) is 2. The van der Waals surface area contributed by atoms with E-state index in [0.717, 1.165) is 17.3 Å². The van der Waals surface area contributed by atoms with Crippen molar-refractivity contribution in [3.63, 3.8) is 0 Å². The number of halogens is 2. The van der Waals surface area contributed by atoms with Crippen molar-refractivity contribution >= 4 is 33.4 Å². The first-order valence-corrected chi connectivity index (χ1v) is 7.46. The maximum Gasteiger partial charge on any atom is 0.254 e. The van der Waals surface area contributed by atoms with Crippen LogP contribution in [0.4, 0.5) is 0 Å². The summed E-state index contributed by atoms with van der Waals surface area (Å²) in [7, 11) is 0. The van der Waals surface area contributed by atoms with Gasteiger partial charge in [0.2, 0.25) is 0 Å². The van der Waals surface area contributed by atoms with E-state index in [-0.39, 0.29) is 11.9 Å². The molecule has 0 saturated carbocycles. The first-order chi connectivity index (χ1) is 8.80. The lowest BCUT2D eigenvalue weighted by Crippen LogP contribution is -2.48. The van der Waals surface area contributed by atoms with Crippen molar-refractivity contribution in [1.82, 2.24) is 4.90 Å². The third-order valence-corrected chi connectivity index (χ3v) is 4.73. The van der Waals surface area contributed by atoms with Gasteiger partial charge in [-0.3, -0.25) is 4.79 Å². The molecule has 1 heterocycles. The Morgan fingerprint density at radius 1 is 1.53 bits per heavy atom. The predicted octanol–water partition coefficient (Wildman–Crippen LogP) is 3.48. The molecule has 0 radical (unpaired) electrons. The molecule has 19 heavy (non-hydrogen) atoms. The standard InChI is InChI=1S/C14H17BrClNO2/c1-14(2,19)12-4-3-7-17(12)13(18)9-5-6-10(15)11(16)8-9/h5-6,8,12,19H,3-4,7H2,1-2H3. The molecule has 1 saturated heterocycles. The predicted molar refractivity (Wildman–Crippen MR) is 79.5 cm³/mol. The van der Waals surface area contributed by atoms with Gasteiger partial charge in [0.15, 0.2) is 0 Å². The van der Waals surface area contributed by atoms with E-state index >= 15 is 0 Å². The van der Waals surface area contributed by atoms with E-state index in [2.05, 4.69) is 15.9 Å². The monoisotopic (exact) mass is 345 g/mol. The quantitative estimate of drug-likeness (QED) is 0.890. The molecule has 3 nitrogen and oxygen atoms in total. The number of nitrogens with zero attached hydrogens (tertiary/aromatic N) is 1. The third kappa shape index (κ3) is 3.12. The maximum absolute atomic E-state index is 12.5.